The van der Waals surface area contributed by atoms with Crippen molar-refractivity contribution in [2.75, 3.05) is 13.1 Å². The normalized spacial score (nSPS) is 16.2. The van der Waals surface area contributed by atoms with Gasteiger partial charge in [-0.1, -0.05) is 41.9 Å². The van der Waals surface area contributed by atoms with Crippen molar-refractivity contribution in [2.45, 2.75) is 13.0 Å². The standard InChI is InChI=1S/C21H19ClN2O4S/c1-14(28-17-9-7-16(22)8-10-17)19(25)23-11-12-24-20(26)18(29-21(24)27)13-15-5-3-2-4-6-15/h2-10,13-14H,11-12H2,1H3,(H,23,25)/b18-13-/t14-/m1/s1. The number of hydrogen-bond donors (Lipinski definition) is 1. The molecule has 3 amide bonds. The van der Waals surface area contributed by atoms with Crippen LogP contribution in [0.4, 0.5) is 4.79 Å². The molecular weight excluding hydrogens is 412 g/mol. The molecule has 8 heteroatoms. The number of carbonyl (C=O) groups is 3. The Hall–Kier alpha value is -2.77. The molecule has 1 atom stereocenters. The van der Waals surface area contributed by atoms with E-state index < -0.39 is 6.10 Å². The van der Waals surface area contributed by atoms with Gasteiger partial charge < -0.3 is 10.1 Å². The molecule has 2 aromatic rings. The minimum Gasteiger partial charge on any atom is -0.481 e. The second-order valence-electron chi connectivity index (χ2n) is 6.25. The van der Waals surface area contributed by atoms with E-state index in [0.29, 0.717) is 15.7 Å². The van der Waals surface area contributed by atoms with Crippen LogP contribution in [-0.2, 0) is 9.59 Å². The maximum Gasteiger partial charge on any atom is 0.293 e. The van der Waals surface area contributed by atoms with Crippen molar-refractivity contribution in [1.82, 2.24) is 10.2 Å². The smallest absolute Gasteiger partial charge is 0.293 e. The molecule has 1 aliphatic heterocycles. The van der Waals surface area contributed by atoms with Gasteiger partial charge in [0.1, 0.15) is 5.75 Å². The second kappa shape index (κ2) is 9.62. The van der Waals surface area contributed by atoms with Crippen molar-refractivity contribution in [1.29, 1.82) is 0 Å². The highest BCUT2D eigenvalue weighted by atomic mass is 35.5. The molecule has 1 N–H and O–H groups in total. The summed E-state index contributed by atoms with van der Waals surface area (Å²) in [6.45, 7) is 1.85. The Morgan fingerprint density at radius 3 is 2.55 bits per heavy atom. The van der Waals surface area contributed by atoms with E-state index in [9.17, 15) is 14.4 Å². The lowest BCUT2D eigenvalue weighted by atomic mass is 10.2. The third kappa shape index (κ3) is 5.62. The van der Waals surface area contributed by atoms with Crippen molar-refractivity contribution in [3.8, 4) is 5.75 Å². The van der Waals surface area contributed by atoms with Gasteiger partial charge in [-0.05, 0) is 54.6 Å². The van der Waals surface area contributed by atoms with Gasteiger partial charge in [-0.25, -0.2) is 0 Å². The van der Waals surface area contributed by atoms with Crippen LogP contribution in [0, 0.1) is 0 Å². The lowest BCUT2D eigenvalue weighted by Gasteiger charge is -2.16. The Balaban J connectivity index is 1.50. The number of carbonyl (C=O) groups excluding carboxylic acids is 3. The van der Waals surface area contributed by atoms with Gasteiger partial charge in [-0.15, -0.1) is 0 Å². The van der Waals surface area contributed by atoms with E-state index >= 15 is 0 Å². The molecule has 1 aliphatic rings. The minimum atomic E-state index is -0.732. The van der Waals surface area contributed by atoms with Gasteiger partial charge in [0.05, 0.1) is 4.91 Å². The van der Waals surface area contributed by atoms with Crippen molar-refractivity contribution in [2.24, 2.45) is 0 Å². The van der Waals surface area contributed by atoms with E-state index in [1.54, 1.807) is 37.3 Å². The minimum absolute atomic E-state index is 0.0935. The lowest BCUT2D eigenvalue weighted by molar-refractivity contribution is -0.128. The number of thioether (sulfide) groups is 1. The fourth-order valence-corrected chi connectivity index (χ4v) is 3.59. The molecule has 29 heavy (non-hydrogen) atoms. The summed E-state index contributed by atoms with van der Waals surface area (Å²) in [6, 6.07) is 16.0. The molecule has 0 unspecified atom stereocenters. The van der Waals surface area contributed by atoms with Crippen molar-refractivity contribution in [3.05, 3.63) is 70.1 Å². The number of amides is 3. The summed E-state index contributed by atoms with van der Waals surface area (Å²) in [4.78, 5) is 38.3. The zero-order valence-corrected chi connectivity index (χ0v) is 17.2. The molecule has 1 heterocycles. The summed E-state index contributed by atoms with van der Waals surface area (Å²) in [5, 5.41) is 2.91. The molecule has 0 saturated carbocycles. The zero-order chi connectivity index (χ0) is 20.8. The first kappa shape index (κ1) is 21.0. The van der Waals surface area contributed by atoms with Crippen LogP contribution in [0.25, 0.3) is 6.08 Å². The van der Waals surface area contributed by atoms with E-state index in [4.69, 9.17) is 16.3 Å². The first-order chi connectivity index (χ1) is 13.9. The van der Waals surface area contributed by atoms with Crippen LogP contribution in [0.1, 0.15) is 12.5 Å². The van der Waals surface area contributed by atoms with Crippen LogP contribution in [0.15, 0.2) is 59.5 Å². The molecule has 3 rings (SSSR count). The Morgan fingerprint density at radius 1 is 1.17 bits per heavy atom. The van der Waals surface area contributed by atoms with Gasteiger partial charge in [0.15, 0.2) is 6.10 Å². The number of rotatable bonds is 7. The van der Waals surface area contributed by atoms with Crippen LogP contribution < -0.4 is 10.1 Å². The molecule has 0 aliphatic carbocycles. The molecule has 0 spiro atoms. The average molecular weight is 431 g/mol. The third-order valence-electron chi connectivity index (χ3n) is 4.10. The zero-order valence-electron chi connectivity index (χ0n) is 15.6. The van der Waals surface area contributed by atoms with E-state index in [1.807, 2.05) is 30.3 Å². The summed E-state index contributed by atoms with van der Waals surface area (Å²) in [6.07, 6.45) is 0.954. The summed E-state index contributed by atoms with van der Waals surface area (Å²) >= 11 is 6.72. The SMILES string of the molecule is C[C@@H](Oc1ccc(Cl)cc1)C(=O)NCCN1C(=O)S/C(=C\c2ccccc2)C1=O. The van der Waals surface area contributed by atoms with E-state index in [-0.39, 0.29) is 30.1 Å². The van der Waals surface area contributed by atoms with E-state index in [1.165, 1.54) is 0 Å². The van der Waals surface area contributed by atoms with Crippen LogP contribution in [-0.4, -0.2) is 41.1 Å². The highest BCUT2D eigenvalue weighted by Gasteiger charge is 2.34. The van der Waals surface area contributed by atoms with Crippen LogP contribution in [0.5, 0.6) is 5.75 Å². The van der Waals surface area contributed by atoms with Crippen molar-refractivity contribution < 1.29 is 19.1 Å². The molecule has 6 nitrogen and oxygen atoms in total. The number of nitrogens with zero attached hydrogens (tertiary/aromatic N) is 1. The van der Waals surface area contributed by atoms with E-state index in [0.717, 1.165) is 22.2 Å². The molecule has 0 radical (unpaired) electrons. The third-order valence-corrected chi connectivity index (χ3v) is 5.26. The quantitative estimate of drug-likeness (QED) is 0.673. The average Bonchev–Trinajstić information content (AvgIpc) is 2.97. The van der Waals surface area contributed by atoms with E-state index in [2.05, 4.69) is 5.32 Å². The predicted molar refractivity (Wildman–Crippen MR) is 114 cm³/mol. The van der Waals surface area contributed by atoms with Gasteiger partial charge in [0.2, 0.25) is 0 Å². The van der Waals surface area contributed by atoms with Gasteiger partial charge in [-0.3, -0.25) is 19.3 Å². The highest BCUT2D eigenvalue weighted by molar-refractivity contribution is 8.18. The van der Waals surface area contributed by atoms with Crippen LogP contribution >= 0.6 is 23.4 Å². The van der Waals surface area contributed by atoms with Crippen LogP contribution in [0.3, 0.4) is 0 Å². The molecule has 150 valence electrons. The Kier molecular flexibility index (Phi) is 6.95. The highest BCUT2D eigenvalue weighted by Crippen LogP contribution is 2.31. The summed E-state index contributed by atoms with van der Waals surface area (Å²) < 4.78 is 5.55. The topological polar surface area (TPSA) is 75.7 Å². The molecule has 2 aromatic carbocycles. The van der Waals surface area contributed by atoms with Crippen molar-refractivity contribution in [3.63, 3.8) is 0 Å². The van der Waals surface area contributed by atoms with Gasteiger partial charge in [0.25, 0.3) is 17.1 Å². The number of benzene rings is 2. The Labute approximate surface area is 177 Å². The first-order valence-electron chi connectivity index (χ1n) is 8.94. The van der Waals surface area contributed by atoms with Crippen LogP contribution in [0.2, 0.25) is 5.02 Å². The number of nitrogens with one attached hydrogen (secondary N) is 1. The molecule has 0 bridgehead atoms. The summed E-state index contributed by atoms with van der Waals surface area (Å²) in [5.74, 6) is -0.177. The molecule has 0 aromatic heterocycles. The fraction of sp³-hybridized carbons (Fsp3) is 0.190. The number of ether oxygens (including phenoxy) is 1. The Morgan fingerprint density at radius 2 is 1.86 bits per heavy atom. The predicted octanol–water partition coefficient (Wildman–Crippen LogP) is 3.96. The van der Waals surface area contributed by atoms with Gasteiger partial charge in [0, 0.05) is 18.1 Å². The number of hydrogen-bond acceptors (Lipinski definition) is 5. The first-order valence-corrected chi connectivity index (χ1v) is 10.1. The summed E-state index contributed by atoms with van der Waals surface area (Å²) in [5.41, 5.74) is 0.847. The summed E-state index contributed by atoms with van der Waals surface area (Å²) in [7, 11) is 0. The monoisotopic (exact) mass is 430 g/mol. The molecule has 1 fully saturated rings. The van der Waals surface area contributed by atoms with Gasteiger partial charge >= 0.3 is 0 Å². The number of halogens is 1. The maximum atomic E-state index is 12.5. The Bertz CT molecular complexity index is 931. The molecule has 1 saturated heterocycles. The fourth-order valence-electron chi connectivity index (χ4n) is 2.60. The molecular formula is C21H19ClN2O4S. The second-order valence-corrected chi connectivity index (χ2v) is 7.68. The van der Waals surface area contributed by atoms with Crippen molar-refractivity contribution >= 4 is 46.5 Å². The lowest BCUT2D eigenvalue weighted by Crippen LogP contribution is -2.41. The maximum absolute atomic E-state index is 12.5. The number of imide groups is 1. The van der Waals surface area contributed by atoms with Gasteiger partial charge in [-0.2, -0.15) is 0 Å². The largest absolute Gasteiger partial charge is 0.481 e.